The van der Waals surface area contributed by atoms with Crippen LogP contribution in [0, 0.1) is 0 Å². The van der Waals surface area contributed by atoms with Gasteiger partial charge in [0, 0.05) is 13.2 Å². The molecule has 0 aliphatic carbocycles. The summed E-state index contributed by atoms with van der Waals surface area (Å²) >= 11 is 0. The van der Waals surface area contributed by atoms with E-state index in [1.54, 1.807) is 7.11 Å². The molecule has 0 aliphatic heterocycles. The molecule has 13 heavy (non-hydrogen) atoms. The van der Waals surface area contributed by atoms with Crippen molar-refractivity contribution in [2.24, 2.45) is 5.73 Å². The molecular formula is C10H16ClNO. The molecule has 0 bridgehead atoms. The topological polar surface area (TPSA) is 35.2 Å². The normalized spacial score (nSPS) is 11.8. The molecule has 1 aromatic rings. The van der Waals surface area contributed by atoms with Crippen LogP contribution >= 0.6 is 12.4 Å². The van der Waals surface area contributed by atoms with Crippen LogP contribution in [0.5, 0.6) is 0 Å². The first-order chi connectivity index (χ1) is 5.83. The molecule has 0 saturated heterocycles. The third kappa shape index (κ3) is 4.88. The molecule has 0 fully saturated rings. The van der Waals surface area contributed by atoms with Crippen molar-refractivity contribution < 1.29 is 4.74 Å². The van der Waals surface area contributed by atoms with Gasteiger partial charge in [0.15, 0.2) is 0 Å². The SMILES string of the molecule is COC[C@@H](N)Cc1ccccc1.Cl. The zero-order valence-corrected chi connectivity index (χ0v) is 8.59. The number of methoxy groups -OCH3 is 1. The summed E-state index contributed by atoms with van der Waals surface area (Å²) in [6, 6.07) is 10.3. The predicted octanol–water partition coefficient (Wildman–Crippen LogP) is 1.62. The first-order valence-electron chi connectivity index (χ1n) is 4.11. The number of rotatable bonds is 4. The third-order valence-electron chi connectivity index (χ3n) is 1.72. The molecule has 0 radical (unpaired) electrons. The second-order valence-electron chi connectivity index (χ2n) is 2.91. The van der Waals surface area contributed by atoms with Crippen molar-refractivity contribution >= 4 is 12.4 Å². The average Bonchev–Trinajstić information content (AvgIpc) is 2.06. The van der Waals surface area contributed by atoms with E-state index >= 15 is 0 Å². The fourth-order valence-electron chi connectivity index (χ4n) is 1.19. The standard InChI is InChI=1S/C10H15NO.ClH/c1-12-8-10(11)7-9-5-3-2-4-6-9;/h2-6,10H,7-8,11H2,1H3;1H/t10-;/m0./s1. The quantitative estimate of drug-likeness (QED) is 0.804. The lowest BCUT2D eigenvalue weighted by atomic mass is 10.1. The molecule has 2 N–H and O–H groups in total. The fraction of sp³-hybridized carbons (Fsp3) is 0.400. The lowest BCUT2D eigenvalue weighted by molar-refractivity contribution is 0.180. The Hall–Kier alpha value is -0.570. The van der Waals surface area contributed by atoms with Crippen molar-refractivity contribution in [1.29, 1.82) is 0 Å². The van der Waals surface area contributed by atoms with Crippen LogP contribution in [0.1, 0.15) is 5.56 Å². The Kier molecular flexibility index (Phi) is 6.59. The molecule has 74 valence electrons. The van der Waals surface area contributed by atoms with Crippen LogP contribution in [0.25, 0.3) is 0 Å². The van der Waals surface area contributed by atoms with Crippen LogP contribution in [0.4, 0.5) is 0 Å². The zero-order valence-electron chi connectivity index (χ0n) is 7.77. The Balaban J connectivity index is 0.00000144. The van der Waals surface area contributed by atoms with Gasteiger partial charge in [0.25, 0.3) is 0 Å². The minimum Gasteiger partial charge on any atom is -0.383 e. The zero-order chi connectivity index (χ0) is 8.81. The van der Waals surface area contributed by atoms with E-state index in [1.807, 2.05) is 18.2 Å². The van der Waals surface area contributed by atoms with Gasteiger partial charge in [-0.1, -0.05) is 30.3 Å². The molecule has 0 amide bonds. The Bertz CT molecular complexity index is 215. The van der Waals surface area contributed by atoms with E-state index in [0.717, 1.165) is 6.42 Å². The van der Waals surface area contributed by atoms with Gasteiger partial charge in [-0.05, 0) is 12.0 Å². The number of hydrogen-bond acceptors (Lipinski definition) is 2. The average molecular weight is 202 g/mol. The maximum absolute atomic E-state index is 5.79. The van der Waals surface area contributed by atoms with Crippen molar-refractivity contribution in [1.82, 2.24) is 0 Å². The number of hydrogen-bond donors (Lipinski definition) is 1. The largest absolute Gasteiger partial charge is 0.383 e. The van der Waals surface area contributed by atoms with Gasteiger partial charge in [0.05, 0.1) is 6.61 Å². The van der Waals surface area contributed by atoms with Crippen molar-refractivity contribution in [2.45, 2.75) is 12.5 Å². The lowest BCUT2D eigenvalue weighted by Crippen LogP contribution is -2.27. The van der Waals surface area contributed by atoms with Crippen molar-refractivity contribution in [2.75, 3.05) is 13.7 Å². The van der Waals surface area contributed by atoms with Crippen LogP contribution in [0.2, 0.25) is 0 Å². The fourth-order valence-corrected chi connectivity index (χ4v) is 1.19. The number of benzene rings is 1. The highest BCUT2D eigenvalue weighted by Gasteiger charge is 2.01. The first-order valence-corrected chi connectivity index (χ1v) is 4.11. The molecule has 1 atom stereocenters. The molecular weight excluding hydrogens is 186 g/mol. The van der Waals surface area contributed by atoms with E-state index in [4.69, 9.17) is 10.5 Å². The molecule has 0 heterocycles. The number of halogens is 1. The van der Waals surface area contributed by atoms with Gasteiger partial charge in [0.1, 0.15) is 0 Å². The van der Waals surface area contributed by atoms with Gasteiger partial charge in [-0.15, -0.1) is 12.4 Å². The minimum absolute atomic E-state index is 0. The van der Waals surface area contributed by atoms with E-state index in [0.29, 0.717) is 6.61 Å². The van der Waals surface area contributed by atoms with Gasteiger partial charge in [-0.25, -0.2) is 0 Å². The summed E-state index contributed by atoms with van der Waals surface area (Å²) in [7, 11) is 1.67. The monoisotopic (exact) mass is 201 g/mol. The summed E-state index contributed by atoms with van der Waals surface area (Å²) < 4.78 is 4.95. The van der Waals surface area contributed by atoms with Crippen LogP contribution in [0.3, 0.4) is 0 Å². The summed E-state index contributed by atoms with van der Waals surface area (Å²) in [4.78, 5) is 0. The van der Waals surface area contributed by atoms with E-state index in [1.165, 1.54) is 5.56 Å². The summed E-state index contributed by atoms with van der Waals surface area (Å²) in [5, 5.41) is 0. The Morgan fingerprint density at radius 3 is 2.46 bits per heavy atom. The minimum atomic E-state index is 0. The highest BCUT2D eigenvalue weighted by molar-refractivity contribution is 5.85. The molecule has 0 spiro atoms. The van der Waals surface area contributed by atoms with E-state index < -0.39 is 0 Å². The van der Waals surface area contributed by atoms with Gasteiger partial charge in [-0.3, -0.25) is 0 Å². The maximum atomic E-state index is 5.79. The van der Waals surface area contributed by atoms with Gasteiger partial charge in [0.2, 0.25) is 0 Å². The Labute approximate surface area is 85.5 Å². The molecule has 0 saturated carbocycles. The summed E-state index contributed by atoms with van der Waals surface area (Å²) in [5.74, 6) is 0. The second kappa shape index (κ2) is 6.89. The molecule has 2 nitrogen and oxygen atoms in total. The van der Waals surface area contributed by atoms with Gasteiger partial charge >= 0.3 is 0 Å². The first kappa shape index (κ1) is 12.4. The molecule has 1 aromatic carbocycles. The summed E-state index contributed by atoms with van der Waals surface area (Å²) in [6.07, 6.45) is 0.884. The molecule has 3 heteroatoms. The molecule has 0 aromatic heterocycles. The molecule has 0 aliphatic rings. The van der Waals surface area contributed by atoms with Crippen LogP contribution < -0.4 is 5.73 Å². The van der Waals surface area contributed by atoms with Gasteiger partial charge in [-0.2, -0.15) is 0 Å². The molecule has 1 rings (SSSR count). The smallest absolute Gasteiger partial charge is 0.0616 e. The van der Waals surface area contributed by atoms with E-state index in [2.05, 4.69) is 12.1 Å². The number of ether oxygens (including phenoxy) is 1. The molecule has 0 unspecified atom stereocenters. The van der Waals surface area contributed by atoms with E-state index in [-0.39, 0.29) is 18.4 Å². The summed E-state index contributed by atoms with van der Waals surface area (Å²) in [5.41, 5.74) is 7.06. The third-order valence-corrected chi connectivity index (χ3v) is 1.72. The second-order valence-corrected chi connectivity index (χ2v) is 2.91. The Morgan fingerprint density at radius 2 is 1.92 bits per heavy atom. The van der Waals surface area contributed by atoms with Crippen LogP contribution in [0.15, 0.2) is 30.3 Å². The number of nitrogens with two attached hydrogens (primary N) is 1. The maximum Gasteiger partial charge on any atom is 0.0616 e. The van der Waals surface area contributed by atoms with Crippen molar-refractivity contribution in [3.63, 3.8) is 0 Å². The van der Waals surface area contributed by atoms with Crippen LogP contribution in [-0.2, 0) is 11.2 Å². The van der Waals surface area contributed by atoms with E-state index in [9.17, 15) is 0 Å². The highest BCUT2D eigenvalue weighted by Crippen LogP contribution is 2.01. The summed E-state index contributed by atoms with van der Waals surface area (Å²) in [6.45, 7) is 0.620. The lowest BCUT2D eigenvalue weighted by Gasteiger charge is -2.09. The van der Waals surface area contributed by atoms with Crippen molar-refractivity contribution in [3.05, 3.63) is 35.9 Å². The van der Waals surface area contributed by atoms with Crippen LogP contribution in [-0.4, -0.2) is 19.8 Å². The Morgan fingerprint density at radius 1 is 1.31 bits per heavy atom. The van der Waals surface area contributed by atoms with Gasteiger partial charge < -0.3 is 10.5 Å². The highest BCUT2D eigenvalue weighted by atomic mass is 35.5. The predicted molar refractivity (Wildman–Crippen MR) is 57.2 cm³/mol. The van der Waals surface area contributed by atoms with Crippen molar-refractivity contribution in [3.8, 4) is 0 Å².